The van der Waals surface area contributed by atoms with Gasteiger partial charge in [0.15, 0.2) is 0 Å². The van der Waals surface area contributed by atoms with Crippen LogP contribution < -0.4 is 9.64 Å². The van der Waals surface area contributed by atoms with Crippen molar-refractivity contribution in [2.24, 2.45) is 0 Å². The molecule has 4 rings (SSSR count). The molecule has 1 atom stereocenters. The molecule has 2 fully saturated rings. The lowest BCUT2D eigenvalue weighted by molar-refractivity contribution is 0.0473. The van der Waals surface area contributed by atoms with E-state index in [1.54, 1.807) is 13.4 Å². The van der Waals surface area contributed by atoms with Crippen molar-refractivity contribution in [1.29, 1.82) is 0 Å². The molecule has 2 saturated heterocycles. The van der Waals surface area contributed by atoms with Crippen molar-refractivity contribution in [2.75, 3.05) is 77.5 Å². The number of benzene rings is 1. The highest BCUT2D eigenvalue weighted by Crippen LogP contribution is 2.20. The summed E-state index contributed by atoms with van der Waals surface area (Å²) < 4.78 is 10.2. The Balaban J connectivity index is 1.14. The number of β-amino-alcohol motifs (C(OH)–C–C–N with tert-alkyl or cyclic N) is 1. The van der Waals surface area contributed by atoms with Crippen molar-refractivity contribution in [2.45, 2.75) is 12.6 Å². The fourth-order valence-electron chi connectivity index (χ4n) is 4.31. The molecule has 1 unspecified atom stereocenters. The minimum absolute atomic E-state index is 0.306. The second-order valence-electron chi connectivity index (χ2n) is 8.21. The van der Waals surface area contributed by atoms with Gasteiger partial charge in [0.2, 0.25) is 0 Å². The molecule has 164 valence electrons. The van der Waals surface area contributed by atoms with Crippen LogP contribution in [0.25, 0.3) is 0 Å². The minimum atomic E-state index is -0.306. The average Bonchev–Trinajstić information content (AvgIpc) is 3.29. The zero-order valence-electron chi connectivity index (χ0n) is 17.8. The summed E-state index contributed by atoms with van der Waals surface area (Å²) in [6.45, 7) is 10.2. The molecule has 2 aromatic rings. The van der Waals surface area contributed by atoms with E-state index in [1.807, 2.05) is 18.2 Å². The first-order valence-electron chi connectivity index (χ1n) is 10.8. The van der Waals surface area contributed by atoms with Crippen LogP contribution in [0, 0.1) is 0 Å². The Kier molecular flexibility index (Phi) is 7.22. The van der Waals surface area contributed by atoms with Crippen molar-refractivity contribution in [3.63, 3.8) is 0 Å². The molecule has 0 bridgehead atoms. The Morgan fingerprint density at radius 2 is 1.50 bits per heavy atom. The van der Waals surface area contributed by atoms with Gasteiger partial charge in [0, 0.05) is 83.7 Å². The number of rotatable bonds is 8. The van der Waals surface area contributed by atoms with Gasteiger partial charge in [-0.1, -0.05) is 5.16 Å². The molecule has 8 nitrogen and oxygen atoms in total. The molecular weight excluding hydrogens is 382 g/mol. The number of hydrogen-bond acceptors (Lipinski definition) is 8. The van der Waals surface area contributed by atoms with Gasteiger partial charge in [-0.15, -0.1) is 0 Å². The van der Waals surface area contributed by atoms with E-state index >= 15 is 0 Å². The standard InChI is InChI=1S/C22H33N5O3/c1-29-22-4-2-20(3-5-22)27-13-11-26(12-14-27)18-21(28)17-25-9-7-24(8-10-25)16-19-6-15-30-23-19/h2-6,15,21,28H,7-14,16-18H2,1H3. The smallest absolute Gasteiger partial charge is 0.124 e. The fraction of sp³-hybridized carbons (Fsp3) is 0.591. The first-order chi connectivity index (χ1) is 14.7. The summed E-state index contributed by atoms with van der Waals surface area (Å²) in [5, 5.41) is 14.6. The normalized spacial score (nSPS) is 20.4. The summed E-state index contributed by atoms with van der Waals surface area (Å²) in [5.41, 5.74) is 2.22. The quantitative estimate of drug-likeness (QED) is 0.685. The minimum Gasteiger partial charge on any atom is -0.497 e. The van der Waals surface area contributed by atoms with Crippen molar-refractivity contribution >= 4 is 5.69 Å². The van der Waals surface area contributed by atoms with Crippen molar-refractivity contribution in [1.82, 2.24) is 19.9 Å². The third kappa shape index (κ3) is 5.72. The van der Waals surface area contributed by atoms with Crippen LogP contribution in [0.5, 0.6) is 5.75 Å². The topological polar surface area (TPSA) is 68.5 Å². The van der Waals surface area contributed by atoms with Gasteiger partial charge in [0.05, 0.1) is 18.9 Å². The molecule has 0 radical (unpaired) electrons. The lowest BCUT2D eigenvalue weighted by atomic mass is 10.2. The van der Waals surface area contributed by atoms with Gasteiger partial charge >= 0.3 is 0 Å². The van der Waals surface area contributed by atoms with E-state index in [0.29, 0.717) is 0 Å². The molecule has 0 saturated carbocycles. The Bertz CT molecular complexity index is 739. The second kappa shape index (κ2) is 10.3. The zero-order valence-corrected chi connectivity index (χ0v) is 17.8. The van der Waals surface area contributed by atoms with Crippen LogP contribution in [-0.2, 0) is 6.54 Å². The van der Waals surface area contributed by atoms with E-state index in [1.165, 1.54) is 5.69 Å². The highest BCUT2D eigenvalue weighted by Gasteiger charge is 2.23. The van der Waals surface area contributed by atoms with Gasteiger partial charge in [-0.25, -0.2) is 0 Å². The lowest BCUT2D eigenvalue weighted by Crippen LogP contribution is -2.52. The van der Waals surface area contributed by atoms with E-state index in [0.717, 1.165) is 83.4 Å². The van der Waals surface area contributed by atoms with Crippen LogP contribution in [0.1, 0.15) is 5.69 Å². The zero-order chi connectivity index (χ0) is 20.8. The number of aliphatic hydroxyl groups excluding tert-OH is 1. The predicted molar refractivity (Wildman–Crippen MR) is 116 cm³/mol. The largest absolute Gasteiger partial charge is 0.497 e. The highest BCUT2D eigenvalue weighted by molar-refractivity contribution is 5.49. The molecule has 1 aromatic carbocycles. The number of ether oxygens (including phenoxy) is 1. The van der Waals surface area contributed by atoms with Crippen LogP contribution in [0.15, 0.2) is 41.1 Å². The predicted octanol–water partition coefficient (Wildman–Crippen LogP) is 0.984. The van der Waals surface area contributed by atoms with E-state index in [2.05, 4.69) is 36.9 Å². The highest BCUT2D eigenvalue weighted by atomic mass is 16.5. The SMILES string of the molecule is COc1ccc(N2CCN(CC(O)CN3CCN(Cc4ccon4)CC3)CC2)cc1. The average molecular weight is 416 g/mol. The van der Waals surface area contributed by atoms with Crippen molar-refractivity contribution < 1.29 is 14.4 Å². The monoisotopic (exact) mass is 415 g/mol. The Morgan fingerprint density at radius 3 is 2.07 bits per heavy atom. The van der Waals surface area contributed by atoms with Gasteiger partial charge in [-0.2, -0.15) is 0 Å². The molecule has 2 aliphatic heterocycles. The Labute approximate surface area is 178 Å². The van der Waals surface area contributed by atoms with Gasteiger partial charge in [0.1, 0.15) is 12.0 Å². The first-order valence-corrected chi connectivity index (χ1v) is 10.8. The number of anilines is 1. The molecule has 8 heteroatoms. The molecule has 0 amide bonds. The number of aromatic nitrogens is 1. The summed E-state index contributed by atoms with van der Waals surface area (Å²) >= 11 is 0. The number of hydrogen-bond donors (Lipinski definition) is 1. The van der Waals surface area contributed by atoms with Gasteiger partial charge < -0.3 is 19.3 Å². The summed E-state index contributed by atoms with van der Waals surface area (Å²) in [6, 6.07) is 10.2. The second-order valence-corrected chi connectivity index (χ2v) is 8.21. The van der Waals surface area contributed by atoms with Crippen LogP contribution in [0.2, 0.25) is 0 Å². The Morgan fingerprint density at radius 1 is 0.900 bits per heavy atom. The van der Waals surface area contributed by atoms with Crippen LogP contribution in [-0.4, -0.2) is 104 Å². The summed E-state index contributed by atoms with van der Waals surface area (Å²) in [6.07, 6.45) is 1.32. The third-order valence-electron chi connectivity index (χ3n) is 6.09. The summed E-state index contributed by atoms with van der Waals surface area (Å²) in [5.74, 6) is 0.888. The molecule has 1 aromatic heterocycles. The number of methoxy groups -OCH3 is 1. The van der Waals surface area contributed by atoms with E-state index in [9.17, 15) is 5.11 Å². The van der Waals surface area contributed by atoms with E-state index in [-0.39, 0.29) is 6.10 Å². The number of aliphatic hydroxyl groups is 1. The number of piperazine rings is 2. The molecule has 30 heavy (non-hydrogen) atoms. The first kappa shape index (κ1) is 21.1. The Hall–Kier alpha value is -2.13. The van der Waals surface area contributed by atoms with Gasteiger partial charge in [0.25, 0.3) is 0 Å². The van der Waals surface area contributed by atoms with Gasteiger partial charge in [-0.05, 0) is 24.3 Å². The van der Waals surface area contributed by atoms with Gasteiger partial charge in [-0.3, -0.25) is 14.7 Å². The summed E-state index contributed by atoms with van der Waals surface area (Å²) in [4.78, 5) is 9.54. The van der Waals surface area contributed by atoms with Crippen LogP contribution in [0.3, 0.4) is 0 Å². The maximum atomic E-state index is 10.6. The lowest BCUT2D eigenvalue weighted by Gasteiger charge is -2.38. The molecular formula is C22H33N5O3. The molecule has 3 heterocycles. The number of nitrogens with zero attached hydrogens (tertiary/aromatic N) is 5. The maximum absolute atomic E-state index is 10.6. The van der Waals surface area contributed by atoms with Crippen molar-refractivity contribution in [3.05, 3.63) is 42.3 Å². The fourth-order valence-corrected chi connectivity index (χ4v) is 4.31. The maximum Gasteiger partial charge on any atom is 0.124 e. The van der Waals surface area contributed by atoms with Crippen molar-refractivity contribution in [3.8, 4) is 5.75 Å². The molecule has 0 spiro atoms. The third-order valence-corrected chi connectivity index (χ3v) is 6.09. The molecule has 2 aliphatic rings. The molecule has 0 aliphatic carbocycles. The van der Waals surface area contributed by atoms with Crippen LogP contribution >= 0.6 is 0 Å². The van der Waals surface area contributed by atoms with Crippen LogP contribution in [0.4, 0.5) is 5.69 Å². The van der Waals surface area contributed by atoms with E-state index in [4.69, 9.17) is 9.26 Å². The molecule has 1 N–H and O–H groups in total. The van der Waals surface area contributed by atoms with E-state index < -0.39 is 0 Å². The summed E-state index contributed by atoms with van der Waals surface area (Å²) in [7, 11) is 1.69.